The number of aryl methyl sites for hydroxylation is 4. The Morgan fingerprint density at radius 2 is 1.30 bits per heavy atom. The van der Waals surface area contributed by atoms with Crippen molar-refractivity contribution in [2.75, 3.05) is 0 Å². The molecule has 0 saturated carbocycles. The molecule has 0 saturated heterocycles. The first-order chi connectivity index (χ1) is 16.0. The zero-order valence-corrected chi connectivity index (χ0v) is 18.0. The highest BCUT2D eigenvalue weighted by atomic mass is 16.5. The summed E-state index contributed by atoms with van der Waals surface area (Å²) in [4.78, 5) is 0. The van der Waals surface area contributed by atoms with Crippen molar-refractivity contribution in [1.29, 1.82) is 0 Å². The van der Waals surface area contributed by atoms with Gasteiger partial charge in [-0.25, -0.2) is 0 Å². The van der Waals surface area contributed by atoms with E-state index in [1.54, 1.807) is 30.3 Å². The second-order valence-electron chi connectivity index (χ2n) is 8.21. The standard InChI is InChI=1S/C28H24O5/c29-22-11-15-26-21(17-22)10-5-19-8-14-24(30)27(16-19)32-23-12-6-18(7-13-23)4-9-20-2-1-3-25(31)28(20)33-26/h1-3,6-8,11-17,29-31H,4-5,9-10H2. The molecule has 2 aliphatic heterocycles. The lowest BCUT2D eigenvalue weighted by Gasteiger charge is -2.16. The van der Waals surface area contributed by atoms with E-state index in [1.807, 2.05) is 48.5 Å². The number of phenols is 3. The minimum Gasteiger partial charge on any atom is -0.508 e. The molecule has 5 nitrogen and oxygen atoms in total. The highest BCUT2D eigenvalue weighted by Crippen LogP contribution is 2.38. The Labute approximate surface area is 192 Å². The summed E-state index contributed by atoms with van der Waals surface area (Å²) >= 11 is 0. The largest absolute Gasteiger partial charge is 0.508 e. The summed E-state index contributed by atoms with van der Waals surface area (Å²) in [7, 11) is 0. The number of fused-ring (bicyclic) bond motifs is 4. The second-order valence-corrected chi connectivity index (χ2v) is 8.21. The number of benzene rings is 4. The number of aromatic hydroxyl groups is 3. The van der Waals surface area contributed by atoms with E-state index in [4.69, 9.17) is 9.47 Å². The van der Waals surface area contributed by atoms with Gasteiger partial charge in [0, 0.05) is 0 Å². The van der Waals surface area contributed by atoms with Crippen LogP contribution in [0.3, 0.4) is 0 Å². The Kier molecular flexibility index (Phi) is 5.53. The van der Waals surface area contributed by atoms with E-state index in [0.29, 0.717) is 42.3 Å². The smallest absolute Gasteiger partial charge is 0.172 e. The van der Waals surface area contributed by atoms with Crippen LogP contribution in [0.25, 0.3) is 0 Å². The van der Waals surface area contributed by atoms with Gasteiger partial charge in [0.05, 0.1) is 0 Å². The molecule has 0 atom stereocenters. The Balaban J connectivity index is 1.59. The maximum atomic E-state index is 10.6. The van der Waals surface area contributed by atoms with Gasteiger partial charge in [0.25, 0.3) is 0 Å². The van der Waals surface area contributed by atoms with Gasteiger partial charge in [0.15, 0.2) is 23.0 Å². The molecule has 33 heavy (non-hydrogen) atoms. The maximum absolute atomic E-state index is 10.6. The van der Waals surface area contributed by atoms with Crippen molar-refractivity contribution in [2.45, 2.75) is 25.7 Å². The van der Waals surface area contributed by atoms with E-state index >= 15 is 0 Å². The molecule has 0 radical (unpaired) electrons. The molecule has 166 valence electrons. The predicted octanol–water partition coefficient (Wildman–Crippen LogP) is 6.27. The Morgan fingerprint density at radius 1 is 0.545 bits per heavy atom. The van der Waals surface area contributed by atoms with Crippen LogP contribution in [0.15, 0.2) is 78.9 Å². The summed E-state index contributed by atoms with van der Waals surface area (Å²) < 4.78 is 12.2. The van der Waals surface area contributed by atoms with Gasteiger partial charge in [-0.3, -0.25) is 0 Å². The quantitative estimate of drug-likeness (QED) is 0.300. The lowest BCUT2D eigenvalue weighted by atomic mass is 10.0. The van der Waals surface area contributed by atoms with Gasteiger partial charge >= 0.3 is 0 Å². The third-order valence-electron chi connectivity index (χ3n) is 5.87. The Morgan fingerprint density at radius 3 is 2.15 bits per heavy atom. The Bertz CT molecular complexity index is 1290. The monoisotopic (exact) mass is 440 g/mol. The van der Waals surface area contributed by atoms with Crippen LogP contribution in [0.4, 0.5) is 0 Å². The molecule has 6 rings (SSSR count). The summed E-state index contributed by atoms with van der Waals surface area (Å²) in [5, 5.41) is 30.9. The van der Waals surface area contributed by atoms with Gasteiger partial charge in [0.2, 0.25) is 0 Å². The minimum absolute atomic E-state index is 0.0769. The van der Waals surface area contributed by atoms with E-state index in [9.17, 15) is 15.3 Å². The van der Waals surface area contributed by atoms with E-state index in [2.05, 4.69) is 0 Å². The van der Waals surface area contributed by atoms with Crippen LogP contribution in [-0.2, 0) is 25.7 Å². The van der Waals surface area contributed by atoms with Gasteiger partial charge in [0.1, 0.15) is 17.2 Å². The first-order valence-corrected chi connectivity index (χ1v) is 10.9. The van der Waals surface area contributed by atoms with Gasteiger partial charge in [-0.2, -0.15) is 0 Å². The fourth-order valence-corrected chi connectivity index (χ4v) is 4.06. The number of rotatable bonds is 0. The average molecular weight is 440 g/mol. The molecule has 2 aliphatic rings. The van der Waals surface area contributed by atoms with Crippen LogP contribution >= 0.6 is 0 Å². The van der Waals surface area contributed by atoms with Crippen molar-refractivity contribution in [3.63, 3.8) is 0 Å². The van der Waals surface area contributed by atoms with Crippen LogP contribution in [0.5, 0.6) is 40.2 Å². The van der Waals surface area contributed by atoms with Crippen molar-refractivity contribution in [3.8, 4) is 40.2 Å². The van der Waals surface area contributed by atoms with Gasteiger partial charge in [-0.1, -0.05) is 30.3 Å². The Hall–Kier alpha value is -4.12. The zero-order valence-electron chi connectivity index (χ0n) is 18.0. The lowest BCUT2D eigenvalue weighted by Crippen LogP contribution is -1.99. The van der Waals surface area contributed by atoms with Crippen LogP contribution in [-0.4, -0.2) is 15.3 Å². The van der Waals surface area contributed by atoms with Crippen molar-refractivity contribution in [1.82, 2.24) is 0 Å². The predicted molar refractivity (Wildman–Crippen MR) is 126 cm³/mol. The summed E-state index contributed by atoms with van der Waals surface area (Å²) in [6.07, 6.45) is 2.66. The molecule has 0 unspecified atom stereocenters. The second kappa shape index (κ2) is 8.79. The molecule has 0 fully saturated rings. The van der Waals surface area contributed by atoms with Gasteiger partial charge in [-0.15, -0.1) is 0 Å². The SMILES string of the molecule is Oc1ccc2c(c1)CCc1ccc(O)c(c1)Oc1ccc(cc1)CCc1cccc(O)c1O2. The summed E-state index contributed by atoms with van der Waals surface area (Å²) in [6.45, 7) is 0. The third kappa shape index (κ3) is 4.58. The first-order valence-electron chi connectivity index (χ1n) is 10.9. The van der Waals surface area contributed by atoms with Gasteiger partial charge < -0.3 is 24.8 Å². The average Bonchev–Trinajstić information content (AvgIpc) is 2.81. The van der Waals surface area contributed by atoms with E-state index in [1.165, 1.54) is 0 Å². The molecule has 3 N–H and O–H groups in total. The summed E-state index contributed by atoms with van der Waals surface area (Å²) in [6, 6.07) is 23.4. The third-order valence-corrected chi connectivity index (χ3v) is 5.87. The molecule has 5 heteroatoms. The summed E-state index contributed by atoms with van der Waals surface area (Å²) in [5.74, 6) is 2.36. The molecule has 0 amide bonds. The number of phenolic OH excluding ortho intramolecular Hbond substituents is 3. The van der Waals surface area contributed by atoms with Crippen molar-refractivity contribution >= 4 is 0 Å². The van der Waals surface area contributed by atoms with Gasteiger partial charge in [-0.05, 0) is 96.5 Å². The number of ether oxygens (including phenoxy) is 2. The molecule has 2 heterocycles. The number of hydrogen-bond acceptors (Lipinski definition) is 5. The molecule has 4 bridgehead atoms. The normalized spacial score (nSPS) is 13.2. The number of hydrogen-bond donors (Lipinski definition) is 3. The fourth-order valence-electron chi connectivity index (χ4n) is 4.06. The minimum atomic E-state index is 0.0769. The highest BCUT2D eigenvalue weighted by molar-refractivity contribution is 5.51. The molecule has 4 aromatic carbocycles. The van der Waals surface area contributed by atoms with Crippen LogP contribution < -0.4 is 9.47 Å². The van der Waals surface area contributed by atoms with E-state index in [0.717, 1.165) is 28.7 Å². The van der Waals surface area contributed by atoms with E-state index < -0.39 is 0 Å². The van der Waals surface area contributed by atoms with Crippen LogP contribution in [0.2, 0.25) is 0 Å². The van der Waals surface area contributed by atoms with E-state index in [-0.39, 0.29) is 17.2 Å². The molecular weight excluding hydrogens is 416 g/mol. The fraction of sp³-hybridized carbons (Fsp3) is 0.143. The topological polar surface area (TPSA) is 79.2 Å². The first kappa shape index (κ1) is 20.8. The van der Waals surface area contributed by atoms with Crippen molar-refractivity contribution in [2.24, 2.45) is 0 Å². The molecule has 0 aliphatic carbocycles. The summed E-state index contributed by atoms with van der Waals surface area (Å²) in [5.41, 5.74) is 3.80. The number of para-hydroxylation sites is 1. The zero-order chi connectivity index (χ0) is 22.8. The van der Waals surface area contributed by atoms with Crippen LogP contribution in [0, 0.1) is 0 Å². The molecule has 4 aromatic rings. The molecule has 0 aromatic heterocycles. The highest BCUT2D eigenvalue weighted by Gasteiger charge is 2.15. The maximum Gasteiger partial charge on any atom is 0.172 e. The van der Waals surface area contributed by atoms with Crippen LogP contribution in [0.1, 0.15) is 22.3 Å². The van der Waals surface area contributed by atoms with Crippen molar-refractivity contribution < 1.29 is 24.8 Å². The lowest BCUT2D eigenvalue weighted by molar-refractivity contribution is 0.403. The molecule has 0 spiro atoms. The molecular formula is C28H24O5. The van der Waals surface area contributed by atoms with Crippen molar-refractivity contribution in [3.05, 3.63) is 101 Å².